The number of rotatable bonds is 5. The molecule has 0 aliphatic rings. The Bertz CT molecular complexity index is 828. The molecule has 0 unspecified atom stereocenters. The first kappa shape index (κ1) is 20.4. The Hall–Kier alpha value is -1.92. The van der Waals surface area contributed by atoms with E-state index >= 15 is 0 Å². The minimum Gasteiger partial charge on any atom is -0.486 e. The fourth-order valence-corrected chi connectivity index (χ4v) is 3.12. The second kappa shape index (κ2) is 9.14. The molecule has 0 fully saturated rings. The van der Waals surface area contributed by atoms with Crippen LogP contribution < -0.4 is 15.4 Å². The summed E-state index contributed by atoms with van der Waals surface area (Å²) in [5, 5.41) is 5.20. The maximum Gasteiger partial charge on any atom is 0.326 e. The van der Waals surface area contributed by atoms with E-state index in [0.29, 0.717) is 0 Å². The third kappa shape index (κ3) is 5.05. The number of anilines is 1. The summed E-state index contributed by atoms with van der Waals surface area (Å²) >= 11 is 24.0. The number of carbonyl (C=O) groups is 2. The number of hydrogen-bond acceptors (Lipinski definition) is 3. The maximum atomic E-state index is 12.2. The Morgan fingerprint density at radius 2 is 1.62 bits per heavy atom. The number of ether oxygens (including phenoxy) is 1. The van der Waals surface area contributed by atoms with Crippen LogP contribution in [0.15, 0.2) is 43.0 Å². The lowest BCUT2D eigenvalue weighted by atomic mass is 10.2. The molecule has 0 saturated heterocycles. The molecule has 0 aliphatic carbocycles. The van der Waals surface area contributed by atoms with Crippen molar-refractivity contribution in [2.75, 3.05) is 11.9 Å². The largest absolute Gasteiger partial charge is 0.486 e. The predicted octanol–water partition coefficient (Wildman–Crippen LogP) is 5.83. The topological polar surface area (TPSA) is 67.4 Å². The molecule has 136 valence electrons. The van der Waals surface area contributed by atoms with Gasteiger partial charge in [0.15, 0.2) is 5.75 Å². The van der Waals surface area contributed by atoms with E-state index in [1.54, 1.807) is 6.07 Å². The highest BCUT2D eigenvalue weighted by molar-refractivity contribution is 6.40. The predicted molar refractivity (Wildman–Crippen MR) is 105 cm³/mol. The average Bonchev–Trinajstić information content (AvgIpc) is 2.53. The molecular weight excluding hydrogens is 422 g/mol. The van der Waals surface area contributed by atoms with Crippen molar-refractivity contribution < 1.29 is 14.3 Å². The molecule has 5 nitrogen and oxygen atoms in total. The summed E-state index contributed by atoms with van der Waals surface area (Å²) in [5.41, 5.74) is 0.261. The number of amides is 3. The second-order valence-corrected chi connectivity index (χ2v) is 6.50. The van der Waals surface area contributed by atoms with Crippen LogP contribution in [0.4, 0.5) is 10.5 Å². The number of nitrogens with one attached hydrogen (secondary N) is 2. The maximum absolute atomic E-state index is 12.2. The summed E-state index contributed by atoms with van der Waals surface area (Å²) in [5.74, 6) is -0.487. The highest BCUT2D eigenvalue weighted by atomic mass is 35.5. The van der Waals surface area contributed by atoms with Gasteiger partial charge >= 0.3 is 6.03 Å². The first-order valence-corrected chi connectivity index (χ1v) is 8.63. The van der Waals surface area contributed by atoms with Crippen molar-refractivity contribution in [2.24, 2.45) is 0 Å². The van der Waals surface area contributed by atoms with Gasteiger partial charge in [0, 0.05) is 5.69 Å². The molecular formula is C17H12Cl4N2O3. The van der Waals surface area contributed by atoms with Gasteiger partial charge in [-0.05, 0) is 24.3 Å². The van der Waals surface area contributed by atoms with Crippen molar-refractivity contribution in [1.29, 1.82) is 0 Å². The Morgan fingerprint density at radius 3 is 2.15 bits per heavy atom. The summed E-state index contributed by atoms with van der Waals surface area (Å²) in [7, 11) is 0. The normalized spacial score (nSPS) is 10.2. The van der Waals surface area contributed by atoms with Gasteiger partial charge in [-0.1, -0.05) is 65.1 Å². The molecule has 0 aliphatic heterocycles. The van der Waals surface area contributed by atoms with Crippen LogP contribution in [0.25, 0.3) is 0 Å². The number of urea groups is 1. The molecule has 2 rings (SSSR count). The third-order valence-corrected chi connectivity index (χ3v) is 4.21. The minimum absolute atomic E-state index is 0.00442. The van der Waals surface area contributed by atoms with E-state index in [1.165, 1.54) is 30.3 Å². The number of benzene rings is 2. The Kier molecular flexibility index (Phi) is 7.17. The quantitative estimate of drug-likeness (QED) is 0.583. The van der Waals surface area contributed by atoms with Crippen molar-refractivity contribution in [3.63, 3.8) is 0 Å². The van der Waals surface area contributed by atoms with Gasteiger partial charge in [0.2, 0.25) is 0 Å². The zero-order valence-corrected chi connectivity index (χ0v) is 16.1. The Labute approximate surface area is 169 Å². The molecule has 0 atom stereocenters. The van der Waals surface area contributed by atoms with Gasteiger partial charge in [-0.2, -0.15) is 0 Å². The first-order valence-electron chi connectivity index (χ1n) is 7.12. The molecule has 0 heterocycles. The molecule has 2 N–H and O–H groups in total. The Morgan fingerprint density at radius 1 is 1.04 bits per heavy atom. The van der Waals surface area contributed by atoms with Crippen LogP contribution in [0.3, 0.4) is 0 Å². The molecule has 2 aromatic rings. The van der Waals surface area contributed by atoms with Crippen molar-refractivity contribution >= 4 is 64.0 Å². The van der Waals surface area contributed by atoms with Gasteiger partial charge in [-0.3, -0.25) is 10.1 Å². The molecule has 3 amide bonds. The molecule has 0 spiro atoms. The number of carbonyl (C=O) groups excluding carboxylic acids is 2. The monoisotopic (exact) mass is 432 g/mol. The van der Waals surface area contributed by atoms with Gasteiger partial charge in [-0.15, -0.1) is 0 Å². The Balaban J connectivity index is 2.10. The first-order chi connectivity index (χ1) is 12.3. The molecule has 0 bridgehead atoms. The van der Waals surface area contributed by atoms with Crippen molar-refractivity contribution in [3.8, 4) is 5.75 Å². The van der Waals surface area contributed by atoms with E-state index in [0.717, 1.165) is 0 Å². The molecule has 0 saturated carbocycles. The van der Waals surface area contributed by atoms with Crippen molar-refractivity contribution in [2.45, 2.75) is 0 Å². The number of halogens is 4. The standard InChI is InChI=1S/C17H12Cl4N2O3/c1-2-6-26-15-12(20)7-9(8-13(15)21)22-17(25)23-16(24)14-10(18)4-3-5-11(14)19/h2-5,7-8H,1,6H2,(H2,22,23,24,25). The third-order valence-electron chi connectivity index (χ3n) is 3.02. The molecule has 26 heavy (non-hydrogen) atoms. The van der Waals surface area contributed by atoms with Gasteiger partial charge in [-0.25, -0.2) is 4.79 Å². The summed E-state index contributed by atoms with van der Waals surface area (Å²) in [4.78, 5) is 24.2. The van der Waals surface area contributed by atoms with E-state index in [2.05, 4.69) is 17.2 Å². The fourth-order valence-electron chi connectivity index (χ4n) is 1.95. The highest BCUT2D eigenvalue weighted by Crippen LogP contribution is 2.36. The van der Waals surface area contributed by atoms with Crippen LogP contribution in [0.1, 0.15) is 10.4 Å². The summed E-state index contributed by atoms with van der Waals surface area (Å²) < 4.78 is 5.33. The van der Waals surface area contributed by atoms with E-state index in [-0.39, 0.29) is 43.7 Å². The lowest BCUT2D eigenvalue weighted by Crippen LogP contribution is -2.34. The molecule has 0 radical (unpaired) electrons. The van der Waals surface area contributed by atoms with Crippen LogP contribution in [-0.4, -0.2) is 18.5 Å². The average molecular weight is 434 g/mol. The van der Waals surface area contributed by atoms with E-state index in [4.69, 9.17) is 51.1 Å². The van der Waals surface area contributed by atoms with Crippen molar-refractivity contribution in [3.05, 3.63) is 68.6 Å². The zero-order valence-electron chi connectivity index (χ0n) is 13.1. The number of imide groups is 1. The van der Waals surface area contributed by atoms with Crippen LogP contribution in [-0.2, 0) is 0 Å². The van der Waals surface area contributed by atoms with E-state index in [9.17, 15) is 9.59 Å². The lowest BCUT2D eigenvalue weighted by Gasteiger charge is -2.12. The lowest BCUT2D eigenvalue weighted by molar-refractivity contribution is 0.0967. The van der Waals surface area contributed by atoms with Crippen LogP contribution in [0.2, 0.25) is 20.1 Å². The fraction of sp³-hybridized carbons (Fsp3) is 0.0588. The second-order valence-electron chi connectivity index (χ2n) is 4.87. The SMILES string of the molecule is C=CCOc1c(Cl)cc(NC(=O)NC(=O)c2c(Cl)cccc2Cl)cc1Cl. The number of hydrogen-bond donors (Lipinski definition) is 2. The summed E-state index contributed by atoms with van der Waals surface area (Å²) in [6.07, 6.45) is 1.54. The highest BCUT2D eigenvalue weighted by Gasteiger charge is 2.18. The molecule has 0 aromatic heterocycles. The summed E-state index contributed by atoms with van der Waals surface area (Å²) in [6.45, 7) is 3.75. The van der Waals surface area contributed by atoms with Gasteiger partial charge in [0.1, 0.15) is 6.61 Å². The molecule has 2 aromatic carbocycles. The molecule has 9 heteroatoms. The van der Waals surface area contributed by atoms with Gasteiger partial charge in [0.05, 0.1) is 25.7 Å². The van der Waals surface area contributed by atoms with E-state index in [1.807, 2.05) is 0 Å². The smallest absolute Gasteiger partial charge is 0.326 e. The van der Waals surface area contributed by atoms with Crippen molar-refractivity contribution in [1.82, 2.24) is 5.32 Å². The van der Waals surface area contributed by atoms with Crippen LogP contribution >= 0.6 is 46.4 Å². The summed E-state index contributed by atoms with van der Waals surface area (Å²) in [6, 6.07) is 6.61. The zero-order chi connectivity index (χ0) is 19.3. The minimum atomic E-state index is -0.808. The van der Waals surface area contributed by atoms with Crippen LogP contribution in [0.5, 0.6) is 5.75 Å². The van der Waals surface area contributed by atoms with Gasteiger partial charge in [0.25, 0.3) is 5.91 Å². The van der Waals surface area contributed by atoms with Gasteiger partial charge < -0.3 is 10.1 Å². The van der Waals surface area contributed by atoms with Crippen LogP contribution in [0, 0.1) is 0 Å². The van der Waals surface area contributed by atoms with E-state index < -0.39 is 11.9 Å².